The lowest BCUT2D eigenvalue weighted by Crippen LogP contribution is -2.19. The minimum Gasteiger partial charge on any atom is -0.284 e. The molecule has 2 nitrogen and oxygen atoms in total. The van der Waals surface area contributed by atoms with Crippen LogP contribution in [0.4, 0.5) is 11.4 Å². The minimum absolute atomic E-state index is 0.0700. The number of nitrogens with zero attached hydrogens (tertiary/aromatic N) is 1. The molecule has 0 aromatic heterocycles. The van der Waals surface area contributed by atoms with Crippen molar-refractivity contribution < 1.29 is 4.79 Å². The number of hydrogen-bond donors (Lipinski definition) is 0. The lowest BCUT2D eigenvalue weighted by atomic mass is 9.91. The van der Waals surface area contributed by atoms with E-state index < -0.39 is 5.41 Å². The monoisotopic (exact) mass is 277 g/mol. The summed E-state index contributed by atoms with van der Waals surface area (Å²) in [6, 6.07) is 22.6. The van der Waals surface area contributed by atoms with Gasteiger partial charge < -0.3 is 0 Å². The van der Waals surface area contributed by atoms with Crippen molar-refractivity contribution in [1.82, 2.24) is 0 Å². The third-order valence-corrected chi connectivity index (χ3v) is 2.99. The maximum Gasteiger partial charge on any atom is 0.212 e. The summed E-state index contributed by atoms with van der Waals surface area (Å²) in [6.45, 7) is 5.62. The molecule has 0 amide bonds. The molecule has 0 atom stereocenters. The van der Waals surface area contributed by atoms with Crippen LogP contribution in [0.5, 0.6) is 0 Å². The molecule has 2 aromatic carbocycles. The van der Waals surface area contributed by atoms with Crippen molar-refractivity contribution in [1.29, 1.82) is 0 Å². The van der Waals surface area contributed by atoms with Crippen LogP contribution >= 0.6 is 0 Å². The summed E-state index contributed by atoms with van der Waals surface area (Å²) in [4.78, 5) is 13.9. The van der Waals surface area contributed by atoms with E-state index in [-0.39, 0.29) is 5.78 Å². The summed E-state index contributed by atoms with van der Waals surface area (Å²) >= 11 is 0. The molecule has 0 saturated heterocycles. The van der Waals surface area contributed by atoms with Crippen LogP contribution in [0.2, 0.25) is 0 Å². The SMILES string of the molecule is CC(C)(C)C(=O)C#CN(c1ccccc1)c1ccccc1. The van der Waals surface area contributed by atoms with Crippen LogP contribution < -0.4 is 4.90 Å². The number of benzene rings is 2. The Morgan fingerprint density at radius 2 is 1.29 bits per heavy atom. The molecular formula is C19H19NO. The second-order valence-electron chi connectivity index (χ2n) is 5.82. The Morgan fingerprint density at radius 3 is 1.67 bits per heavy atom. The van der Waals surface area contributed by atoms with Gasteiger partial charge in [0.25, 0.3) is 0 Å². The van der Waals surface area contributed by atoms with Gasteiger partial charge >= 0.3 is 0 Å². The van der Waals surface area contributed by atoms with E-state index in [1.54, 1.807) is 0 Å². The summed E-state index contributed by atoms with van der Waals surface area (Å²) in [7, 11) is 0. The zero-order chi connectivity index (χ0) is 15.3. The Hall–Kier alpha value is -2.53. The number of ketones is 1. The van der Waals surface area contributed by atoms with Gasteiger partial charge in [-0.3, -0.25) is 9.69 Å². The predicted octanol–water partition coefficient (Wildman–Crippen LogP) is 4.40. The van der Waals surface area contributed by atoms with E-state index in [1.807, 2.05) is 86.3 Å². The van der Waals surface area contributed by atoms with Gasteiger partial charge in [-0.15, -0.1) is 0 Å². The molecule has 0 aliphatic heterocycles. The van der Waals surface area contributed by atoms with Gasteiger partial charge in [0.15, 0.2) is 0 Å². The molecule has 21 heavy (non-hydrogen) atoms. The third-order valence-electron chi connectivity index (χ3n) is 2.99. The van der Waals surface area contributed by atoms with Crippen LogP contribution in [0.15, 0.2) is 60.7 Å². The molecule has 0 fully saturated rings. The van der Waals surface area contributed by atoms with E-state index in [2.05, 4.69) is 12.0 Å². The van der Waals surface area contributed by atoms with Crippen LogP contribution in [-0.4, -0.2) is 5.78 Å². The van der Waals surface area contributed by atoms with Crippen molar-refractivity contribution in [2.24, 2.45) is 5.41 Å². The molecule has 0 heterocycles. The Balaban J connectivity index is 2.40. The third kappa shape index (κ3) is 3.97. The Bertz CT molecular complexity index is 618. The van der Waals surface area contributed by atoms with Gasteiger partial charge in [-0.25, -0.2) is 0 Å². The highest BCUT2D eigenvalue weighted by Gasteiger charge is 2.19. The van der Waals surface area contributed by atoms with Gasteiger partial charge in [-0.2, -0.15) is 0 Å². The molecule has 0 unspecified atom stereocenters. The van der Waals surface area contributed by atoms with Gasteiger partial charge in [-0.05, 0) is 30.2 Å². The lowest BCUT2D eigenvalue weighted by molar-refractivity contribution is -0.120. The van der Waals surface area contributed by atoms with Crippen LogP contribution in [0.25, 0.3) is 0 Å². The standard InChI is InChI=1S/C19H19NO/c1-19(2,3)18(21)14-15-20(16-10-6-4-7-11-16)17-12-8-5-9-13-17/h4-13H,1-3H3. The second kappa shape index (κ2) is 6.28. The van der Waals surface area contributed by atoms with Crippen LogP contribution in [0, 0.1) is 17.4 Å². The summed E-state index contributed by atoms with van der Waals surface area (Å²) in [5.41, 5.74) is 1.43. The summed E-state index contributed by atoms with van der Waals surface area (Å²) in [5.74, 6) is 2.69. The van der Waals surface area contributed by atoms with Crippen molar-refractivity contribution in [3.63, 3.8) is 0 Å². The maximum absolute atomic E-state index is 12.0. The van der Waals surface area contributed by atoms with Gasteiger partial charge in [0.05, 0.1) is 11.4 Å². The van der Waals surface area contributed by atoms with Crippen molar-refractivity contribution in [2.75, 3.05) is 4.90 Å². The second-order valence-corrected chi connectivity index (χ2v) is 5.82. The minimum atomic E-state index is -0.452. The van der Waals surface area contributed by atoms with Crippen molar-refractivity contribution in [2.45, 2.75) is 20.8 Å². The molecule has 2 aromatic rings. The highest BCUT2D eigenvalue weighted by molar-refractivity contribution is 6.00. The number of anilines is 2. The number of para-hydroxylation sites is 2. The molecule has 0 N–H and O–H groups in total. The average Bonchev–Trinajstić information content (AvgIpc) is 2.48. The first-order valence-electron chi connectivity index (χ1n) is 6.95. The zero-order valence-electron chi connectivity index (χ0n) is 12.6. The predicted molar refractivity (Wildman–Crippen MR) is 87.3 cm³/mol. The molecule has 0 radical (unpaired) electrons. The smallest absolute Gasteiger partial charge is 0.212 e. The molecule has 0 spiro atoms. The van der Waals surface area contributed by atoms with Gasteiger partial charge in [0, 0.05) is 11.5 Å². The molecule has 0 aliphatic rings. The van der Waals surface area contributed by atoms with Crippen LogP contribution in [0.1, 0.15) is 20.8 Å². The topological polar surface area (TPSA) is 20.3 Å². The zero-order valence-corrected chi connectivity index (χ0v) is 12.6. The van der Waals surface area contributed by atoms with Gasteiger partial charge in [0.2, 0.25) is 5.78 Å². The highest BCUT2D eigenvalue weighted by atomic mass is 16.1. The molecule has 2 rings (SSSR count). The van der Waals surface area contributed by atoms with E-state index in [0.29, 0.717) is 0 Å². The number of Topliss-reactive ketones (excluding diaryl/α,β-unsaturated/α-hetero) is 1. The summed E-state index contributed by atoms with van der Waals surface area (Å²) in [6.07, 6.45) is 0. The Kier molecular flexibility index (Phi) is 4.45. The Morgan fingerprint density at radius 1 is 0.857 bits per heavy atom. The van der Waals surface area contributed by atoms with E-state index >= 15 is 0 Å². The largest absolute Gasteiger partial charge is 0.284 e. The molecule has 2 heteroatoms. The molecule has 106 valence electrons. The van der Waals surface area contributed by atoms with Crippen LogP contribution in [0.3, 0.4) is 0 Å². The lowest BCUT2D eigenvalue weighted by Gasteiger charge is -2.18. The first kappa shape index (κ1) is 14.9. The van der Waals surface area contributed by atoms with Gasteiger partial charge in [0.1, 0.15) is 0 Å². The Labute approximate surface area is 126 Å². The number of rotatable bonds is 2. The average molecular weight is 277 g/mol. The summed E-state index contributed by atoms with van der Waals surface area (Å²) in [5, 5.41) is 0. The summed E-state index contributed by atoms with van der Waals surface area (Å²) < 4.78 is 0. The van der Waals surface area contributed by atoms with Gasteiger partial charge in [-0.1, -0.05) is 57.2 Å². The molecular weight excluding hydrogens is 258 g/mol. The number of carbonyl (C=O) groups is 1. The van der Waals surface area contributed by atoms with E-state index in [9.17, 15) is 4.79 Å². The van der Waals surface area contributed by atoms with Crippen molar-refractivity contribution in [3.05, 3.63) is 60.7 Å². The first-order chi connectivity index (χ1) is 9.98. The first-order valence-corrected chi connectivity index (χ1v) is 6.95. The van der Waals surface area contributed by atoms with E-state index in [1.165, 1.54) is 0 Å². The molecule has 0 bridgehead atoms. The fourth-order valence-corrected chi connectivity index (χ4v) is 1.73. The highest BCUT2D eigenvalue weighted by Crippen LogP contribution is 2.24. The fourth-order valence-electron chi connectivity index (χ4n) is 1.73. The normalized spacial score (nSPS) is 10.4. The van der Waals surface area contributed by atoms with E-state index in [4.69, 9.17) is 0 Å². The van der Waals surface area contributed by atoms with E-state index in [0.717, 1.165) is 11.4 Å². The fraction of sp³-hybridized carbons (Fsp3) is 0.211. The molecule has 0 aliphatic carbocycles. The van der Waals surface area contributed by atoms with Crippen molar-refractivity contribution in [3.8, 4) is 12.0 Å². The number of carbonyl (C=O) groups excluding carboxylic acids is 1. The number of hydrogen-bond acceptors (Lipinski definition) is 2. The quantitative estimate of drug-likeness (QED) is 0.599. The van der Waals surface area contributed by atoms with Crippen LogP contribution in [-0.2, 0) is 4.79 Å². The maximum atomic E-state index is 12.0. The molecule has 0 saturated carbocycles. The van der Waals surface area contributed by atoms with Crippen molar-refractivity contribution >= 4 is 17.2 Å².